The number of hydrogen-bond donors (Lipinski definition) is 1. The normalized spacial score (nSPS) is 25.7. The third kappa shape index (κ3) is 2.84. The zero-order chi connectivity index (χ0) is 12.3. The van der Waals surface area contributed by atoms with Crippen molar-refractivity contribution in [3.05, 3.63) is 35.9 Å². The molecule has 0 bridgehead atoms. The molecule has 4 heteroatoms. The largest absolute Gasteiger partial charge is 0.481 e. The van der Waals surface area contributed by atoms with Crippen LogP contribution in [0, 0.1) is 0 Å². The van der Waals surface area contributed by atoms with Crippen LogP contribution < -0.4 is 0 Å². The van der Waals surface area contributed by atoms with Gasteiger partial charge >= 0.3 is 5.97 Å². The van der Waals surface area contributed by atoms with Crippen LogP contribution in [-0.4, -0.2) is 42.3 Å². The molecule has 1 heterocycles. The number of carboxylic acids is 1. The van der Waals surface area contributed by atoms with Crippen molar-refractivity contribution < 1.29 is 14.6 Å². The fraction of sp³-hybridized carbons (Fsp3) is 0.462. The van der Waals surface area contributed by atoms with Gasteiger partial charge in [0.2, 0.25) is 0 Å². The van der Waals surface area contributed by atoms with Crippen molar-refractivity contribution in [1.29, 1.82) is 0 Å². The van der Waals surface area contributed by atoms with E-state index >= 15 is 0 Å². The molecule has 0 spiro atoms. The number of morpholine rings is 1. The highest BCUT2D eigenvalue weighted by atomic mass is 16.5. The SMILES string of the molecule is CN1C(CC(=O)O)COCC1c1ccccc1. The molecule has 2 rings (SSSR count). The molecule has 0 saturated carbocycles. The van der Waals surface area contributed by atoms with E-state index < -0.39 is 5.97 Å². The van der Waals surface area contributed by atoms with Gasteiger partial charge in [0.15, 0.2) is 0 Å². The Bertz CT molecular complexity index is 380. The monoisotopic (exact) mass is 235 g/mol. The summed E-state index contributed by atoms with van der Waals surface area (Å²) in [6, 6.07) is 10.2. The molecule has 2 unspecified atom stereocenters. The Labute approximate surface area is 101 Å². The average molecular weight is 235 g/mol. The molecule has 0 radical (unpaired) electrons. The number of rotatable bonds is 3. The Hall–Kier alpha value is -1.39. The molecule has 92 valence electrons. The quantitative estimate of drug-likeness (QED) is 0.863. The van der Waals surface area contributed by atoms with E-state index in [0.717, 1.165) is 0 Å². The predicted octanol–water partition coefficient (Wildman–Crippen LogP) is 1.53. The van der Waals surface area contributed by atoms with E-state index in [2.05, 4.69) is 4.90 Å². The summed E-state index contributed by atoms with van der Waals surface area (Å²) < 4.78 is 5.52. The zero-order valence-corrected chi connectivity index (χ0v) is 9.87. The summed E-state index contributed by atoms with van der Waals surface area (Å²) in [6.07, 6.45) is 0.125. The van der Waals surface area contributed by atoms with Crippen molar-refractivity contribution in [2.45, 2.75) is 18.5 Å². The van der Waals surface area contributed by atoms with Gasteiger partial charge in [-0.15, -0.1) is 0 Å². The highest BCUT2D eigenvalue weighted by Crippen LogP contribution is 2.26. The maximum Gasteiger partial charge on any atom is 0.305 e. The van der Waals surface area contributed by atoms with Gasteiger partial charge in [0, 0.05) is 6.04 Å². The van der Waals surface area contributed by atoms with E-state index in [-0.39, 0.29) is 18.5 Å². The Morgan fingerprint density at radius 2 is 2.12 bits per heavy atom. The van der Waals surface area contributed by atoms with E-state index in [1.54, 1.807) is 0 Å². The van der Waals surface area contributed by atoms with Crippen molar-refractivity contribution in [3.8, 4) is 0 Å². The number of carboxylic acid groups (broad SMARTS) is 1. The topological polar surface area (TPSA) is 49.8 Å². The fourth-order valence-corrected chi connectivity index (χ4v) is 2.22. The lowest BCUT2D eigenvalue weighted by Gasteiger charge is -2.39. The van der Waals surface area contributed by atoms with Gasteiger partial charge in [0.25, 0.3) is 0 Å². The fourth-order valence-electron chi connectivity index (χ4n) is 2.22. The number of hydrogen-bond acceptors (Lipinski definition) is 3. The number of ether oxygens (including phenoxy) is 1. The van der Waals surface area contributed by atoms with Crippen LogP contribution in [0.25, 0.3) is 0 Å². The second-order valence-corrected chi connectivity index (χ2v) is 4.38. The summed E-state index contributed by atoms with van der Waals surface area (Å²) in [7, 11) is 1.97. The van der Waals surface area contributed by atoms with Crippen molar-refractivity contribution in [2.24, 2.45) is 0 Å². The number of benzene rings is 1. The maximum atomic E-state index is 10.8. The van der Waals surface area contributed by atoms with Gasteiger partial charge in [-0.3, -0.25) is 9.69 Å². The van der Waals surface area contributed by atoms with Crippen LogP contribution >= 0.6 is 0 Å². The summed E-state index contributed by atoms with van der Waals surface area (Å²) in [5.41, 5.74) is 1.17. The van der Waals surface area contributed by atoms with Crippen LogP contribution in [0.2, 0.25) is 0 Å². The predicted molar refractivity (Wildman–Crippen MR) is 63.8 cm³/mol. The first-order chi connectivity index (χ1) is 8.18. The van der Waals surface area contributed by atoms with Crippen molar-refractivity contribution in [2.75, 3.05) is 20.3 Å². The summed E-state index contributed by atoms with van der Waals surface area (Å²) in [6.45, 7) is 1.11. The molecule has 17 heavy (non-hydrogen) atoms. The van der Waals surface area contributed by atoms with Crippen LogP contribution in [0.5, 0.6) is 0 Å². The molecular weight excluding hydrogens is 218 g/mol. The van der Waals surface area contributed by atoms with Gasteiger partial charge in [-0.1, -0.05) is 30.3 Å². The lowest BCUT2D eigenvalue weighted by atomic mass is 10.0. The summed E-state index contributed by atoms with van der Waals surface area (Å²) in [5.74, 6) is -0.779. The minimum absolute atomic E-state index is 0.0496. The molecule has 1 N–H and O–H groups in total. The standard InChI is InChI=1S/C13H17NO3/c1-14-11(7-13(15)16)8-17-9-12(14)10-5-3-2-4-6-10/h2-6,11-12H,7-9H2,1H3,(H,15,16). The first-order valence-electron chi connectivity index (χ1n) is 5.75. The Morgan fingerprint density at radius 3 is 2.76 bits per heavy atom. The van der Waals surface area contributed by atoms with E-state index in [4.69, 9.17) is 9.84 Å². The van der Waals surface area contributed by atoms with E-state index in [1.165, 1.54) is 5.56 Å². The van der Waals surface area contributed by atoms with Crippen molar-refractivity contribution in [3.63, 3.8) is 0 Å². The first kappa shape index (κ1) is 12.1. The Morgan fingerprint density at radius 1 is 1.41 bits per heavy atom. The molecular formula is C13H17NO3. The molecule has 1 aromatic rings. The molecule has 4 nitrogen and oxygen atoms in total. The molecule has 2 atom stereocenters. The number of likely N-dealkylation sites (N-methyl/N-ethyl adjacent to an activating group) is 1. The average Bonchev–Trinajstić information content (AvgIpc) is 2.32. The third-order valence-corrected chi connectivity index (χ3v) is 3.25. The summed E-state index contributed by atoms with van der Waals surface area (Å²) >= 11 is 0. The molecule has 1 saturated heterocycles. The molecule has 0 amide bonds. The first-order valence-corrected chi connectivity index (χ1v) is 5.75. The second kappa shape index (κ2) is 5.29. The smallest absolute Gasteiger partial charge is 0.305 e. The third-order valence-electron chi connectivity index (χ3n) is 3.25. The highest BCUT2D eigenvalue weighted by molar-refractivity contribution is 5.67. The minimum Gasteiger partial charge on any atom is -0.481 e. The van der Waals surface area contributed by atoms with Crippen LogP contribution in [0.4, 0.5) is 0 Å². The number of aliphatic carboxylic acids is 1. The van der Waals surface area contributed by atoms with Crippen molar-refractivity contribution >= 4 is 5.97 Å². The van der Waals surface area contributed by atoms with Crippen LogP contribution in [0.1, 0.15) is 18.0 Å². The molecule has 0 aliphatic carbocycles. The Balaban J connectivity index is 2.11. The lowest BCUT2D eigenvalue weighted by molar-refractivity contribution is -0.141. The van der Waals surface area contributed by atoms with Gasteiger partial charge in [-0.05, 0) is 12.6 Å². The van der Waals surface area contributed by atoms with Gasteiger partial charge < -0.3 is 9.84 Å². The second-order valence-electron chi connectivity index (χ2n) is 4.38. The number of nitrogens with zero attached hydrogens (tertiary/aromatic N) is 1. The van der Waals surface area contributed by atoms with Gasteiger partial charge in [-0.2, -0.15) is 0 Å². The summed E-state index contributed by atoms with van der Waals surface area (Å²) in [5, 5.41) is 8.86. The molecule has 1 aliphatic heterocycles. The minimum atomic E-state index is -0.779. The van der Waals surface area contributed by atoms with Gasteiger partial charge in [0.05, 0.1) is 25.7 Å². The van der Waals surface area contributed by atoms with Crippen molar-refractivity contribution in [1.82, 2.24) is 4.90 Å². The Kier molecular flexibility index (Phi) is 3.76. The molecule has 0 aromatic heterocycles. The highest BCUT2D eigenvalue weighted by Gasteiger charge is 2.30. The molecule has 1 aromatic carbocycles. The molecule has 1 fully saturated rings. The van der Waals surface area contributed by atoms with E-state index in [1.807, 2.05) is 37.4 Å². The maximum absolute atomic E-state index is 10.8. The van der Waals surface area contributed by atoms with Gasteiger partial charge in [0.1, 0.15) is 0 Å². The number of carbonyl (C=O) groups is 1. The van der Waals surface area contributed by atoms with Gasteiger partial charge in [-0.25, -0.2) is 0 Å². The molecule has 1 aliphatic rings. The summed E-state index contributed by atoms with van der Waals surface area (Å²) in [4.78, 5) is 12.9. The lowest BCUT2D eigenvalue weighted by Crippen LogP contribution is -2.46. The van der Waals surface area contributed by atoms with Crippen LogP contribution in [-0.2, 0) is 9.53 Å². The van der Waals surface area contributed by atoms with E-state index in [0.29, 0.717) is 13.2 Å². The van der Waals surface area contributed by atoms with Crippen LogP contribution in [0.3, 0.4) is 0 Å². The zero-order valence-electron chi connectivity index (χ0n) is 9.87. The van der Waals surface area contributed by atoms with E-state index in [9.17, 15) is 4.79 Å². The van der Waals surface area contributed by atoms with Crippen LogP contribution in [0.15, 0.2) is 30.3 Å².